The molecule has 0 atom stereocenters. The highest BCUT2D eigenvalue weighted by molar-refractivity contribution is 5.78. The molecule has 0 aromatic heterocycles. The van der Waals surface area contributed by atoms with E-state index in [0.29, 0.717) is 25.4 Å². The Balaban J connectivity index is 2.06. The fourth-order valence-electron chi connectivity index (χ4n) is 1.72. The number of nitrogens with one attached hydrogen (secondary N) is 2. The molecule has 1 aliphatic rings. The van der Waals surface area contributed by atoms with Crippen LogP contribution in [0.25, 0.3) is 0 Å². The molecule has 0 bridgehead atoms. The first-order valence-corrected chi connectivity index (χ1v) is 6.39. The maximum atomic E-state index is 11.6. The molecule has 0 unspecified atom stereocenters. The summed E-state index contributed by atoms with van der Waals surface area (Å²) in [5, 5.41) is 5.59. The van der Waals surface area contributed by atoms with Gasteiger partial charge in [-0.05, 0) is 18.8 Å². The molecule has 98 valence electrons. The van der Waals surface area contributed by atoms with Gasteiger partial charge in [-0.1, -0.05) is 13.8 Å². The highest BCUT2D eigenvalue weighted by atomic mass is 16.2. The molecule has 0 aromatic rings. The number of hydrogen-bond donors (Lipinski definition) is 2. The Hall–Kier alpha value is -1.26. The van der Waals surface area contributed by atoms with E-state index in [1.165, 1.54) is 0 Å². The maximum Gasteiger partial charge on any atom is 0.317 e. The van der Waals surface area contributed by atoms with E-state index >= 15 is 0 Å². The normalized spacial score (nSPS) is 15.1. The van der Waals surface area contributed by atoms with Crippen molar-refractivity contribution in [3.63, 3.8) is 0 Å². The van der Waals surface area contributed by atoms with Crippen molar-refractivity contribution in [1.29, 1.82) is 0 Å². The summed E-state index contributed by atoms with van der Waals surface area (Å²) in [7, 11) is 0. The van der Waals surface area contributed by atoms with Crippen LogP contribution >= 0.6 is 0 Å². The highest BCUT2D eigenvalue weighted by Gasteiger charge is 2.17. The van der Waals surface area contributed by atoms with Crippen molar-refractivity contribution in [1.82, 2.24) is 15.5 Å². The number of carbonyl (C=O) groups excluding carboxylic acids is 2. The SMILES string of the molecule is CC(C)CNC(=O)CCNC(=O)N1CCCC1. The molecule has 0 aliphatic carbocycles. The van der Waals surface area contributed by atoms with E-state index in [-0.39, 0.29) is 11.9 Å². The minimum Gasteiger partial charge on any atom is -0.356 e. The van der Waals surface area contributed by atoms with Crippen molar-refractivity contribution in [2.45, 2.75) is 33.1 Å². The third kappa shape index (κ3) is 5.56. The first-order chi connectivity index (χ1) is 8.09. The second-order valence-electron chi connectivity index (χ2n) is 4.87. The molecule has 1 fully saturated rings. The average Bonchev–Trinajstić information content (AvgIpc) is 2.79. The van der Waals surface area contributed by atoms with Crippen LogP contribution in [0.15, 0.2) is 0 Å². The molecule has 5 heteroatoms. The Morgan fingerprint density at radius 2 is 1.82 bits per heavy atom. The zero-order valence-electron chi connectivity index (χ0n) is 10.8. The summed E-state index contributed by atoms with van der Waals surface area (Å²) in [6.07, 6.45) is 2.52. The summed E-state index contributed by atoms with van der Waals surface area (Å²) >= 11 is 0. The van der Waals surface area contributed by atoms with E-state index in [2.05, 4.69) is 24.5 Å². The molecular weight excluding hydrogens is 218 g/mol. The van der Waals surface area contributed by atoms with E-state index in [9.17, 15) is 9.59 Å². The number of nitrogens with zero attached hydrogens (tertiary/aromatic N) is 1. The van der Waals surface area contributed by atoms with Gasteiger partial charge >= 0.3 is 6.03 Å². The van der Waals surface area contributed by atoms with Crippen molar-refractivity contribution in [2.75, 3.05) is 26.2 Å². The summed E-state index contributed by atoms with van der Waals surface area (Å²) in [5.41, 5.74) is 0. The van der Waals surface area contributed by atoms with Gasteiger partial charge in [0, 0.05) is 32.6 Å². The lowest BCUT2D eigenvalue weighted by Gasteiger charge is -2.16. The molecule has 0 aromatic carbocycles. The second kappa shape index (κ2) is 7.14. The second-order valence-corrected chi connectivity index (χ2v) is 4.87. The fraction of sp³-hybridized carbons (Fsp3) is 0.833. The monoisotopic (exact) mass is 241 g/mol. The third-order valence-corrected chi connectivity index (χ3v) is 2.73. The summed E-state index contributed by atoms with van der Waals surface area (Å²) in [6.45, 7) is 6.89. The van der Waals surface area contributed by atoms with Crippen LogP contribution in [0.2, 0.25) is 0 Å². The van der Waals surface area contributed by atoms with Crippen LogP contribution in [-0.2, 0) is 4.79 Å². The van der Waals surface area contributed by atoms with Crippen molar-refractivity contribution in [2.24, 2.45) is 5.92 Å². The van der Waals surface area contributed by atoms with Gasteiger partial charge in [0.25, 0.3) is 0 Å². The van der Waals surface area contributed by atoms with Gasteiger partial charge in [-0.2, -0.15) is 0 Å². The topological polar surface area (TPSA) is 61.4 Å². The lowest BCUT2D eigenvalue weighted by molar-refractivity contribution is -0.121. The minimum atomic E-state index is -0.0424. The molecule has 0 saturated carbocycles. The Morgan fingerprint density at radius 1 is 1.18 bits per heavy atom. The number of likely N-dealkylation sites (tertiary alicyclic amines) is 1. The van der Waals surface area contributed by atoms with Crippen molar-refractivity contribution >= 4 is 11.9 Å². The van der Waals surface area contributed by atoms with E-state index in [4.69, 9.17) is 0 Å². The summed E-state index contributed by atoms with van der Waals surface area (Å²) < 4.78 is 0. The molecule has 5 nitrogen and oxygen atoms in total. The standard InChI is InChI=1S/C12H23N3O2/c1-10(2)9-14-11(16)5-6-13-12(17)15-7-3-4-8-15/h10H,3-9H2,1-2H3,(H,13,17)(H,14,16). The van der Waals surface area contributed by atoms with Crippen LogP contribution in [0.4, 0.5) is 4.79 Å². The summed E-state index contributed by atoms with van der Waals surface area (Å²) in [4.78, 5) is 24.7. The zero-order chi connectivity index (χ0) is 12.7. The van der Waals surface area contributed by atoms with Gasteiger partial charge in [-0.25, -0.2) is 4.79 Å². The largest absolute Gasteiger partial charge is 0.356 e. The van der Waals surface area contributed by atoms with E-state index in [1.807, 2.05) is 0 Å². The first-order valence-electron chi connectivity index (χ1n) is 6.39. The first kappa shape index (κ1) is 13.8. The predicted octanol–water partition coefficient (Wildman–Crippen LogP) is 0.954. The van der Waals surface area contributed by atoms with E-state index < -0.39 is 0 Å². The number of amides is 3. The molecule has 1 heterocycles. The lowest BCUT2D eigenvalue weighted by atomic mass is 10.2. The van der Waals surface area contributed by atoms with Crippen molar-refractivity contribution in [3.8, 4) is 0 Å². The Labute approximate surface area is 103 Å². The fourth-order valence-corrected chi connectivity index (χ4v) is 1.72. The van der Waals surface area contributed by atoms with Gasteiger partial charge < -0.3 is 15.5 Å². The van der Waals surface area contributed by atoms with Crippen molar-refractivity contribution < 1.29 is 9.59 Å². The quantitative estimate of drug-likeness (QED) is 0.753. The van der Waals surface area contributed by atoms with Crippen LogP contribution in [-0.4, -0.2) is 43.0 Å². The van der Waals surface area contributed by atoms with Gasteiger partial charge in [0.2, 0.25) is 5.91 Å². The highest BCUT2D eigenvalue weighted by Crippen LogP contribution is 2.06. The van der Waals surface area contributed by atoms with Gasteiger partial charge in [-0.3, -0.25) is 4.79 Å². The smallest absolute Gasteiger partial charge is 0.317 e. The van der Waals surface area contributed by atoms with Gasteiger partial charge in [0.15, 0.2) is 0 Å². The maximum absolute atomic E-state index is 11.6. The van der Waals surface area contributed by atoms with Gasteiger partial charge in [0.1, 0.15) is 0 Å². The molecule has 17 heavy (non-hydrogen) atoms. The zero-order valence-corrected chi connectivity index (χ0v) is 10.8. The summed E-state index contributed by atoms with van der Waals surface area (Å²) in [5.74, 6) is 0.457. The molecule has 0 radical (unpaired) electrons. The lowest BCUT2D eigenvalue weighted by Crippen LogP contribution is -2.40. The van der Waals surface area contributed by atoms with E-state index in [1.54, 1.807) is 4.90 Å². The number of rotatable bonds is 5. The van der Waals surface area contributed by atoms with E-state index in [0.717, 1.165) is 25.9 Å². The Kier molecular flexibility index (Phi) is 5.80. The average molecular weight is 241 g/mol. The predicted molar refractivity (Wildman–Crippen MR) is 66.7 cm³/mol. The molecule has 0 spiro atoms. The Morgan fingerprint density at radius 3 is 2.41 bits per heavy atom. The summed E-state index contributed by atoms with van der Waals surface area (Å²) in [6, 6.07) is -0.0424. The Bertz CT molecular complexity index is 260. The molecule has 1 aliphatic heterocycles. The van der Waals surface area contributed by atoms with Crippen LogP contribution < -0.4 is 10.6 Å². The van der Waals surface area contributed by atoms with Crippen molar-refractivity contribution in [3.05, 3.63) is 0 Å². The third-order valence-electron chi connectivity index (χ3n) is 2.73. The van der Waals surface area contributed by atoms with Crippen LogP contribution in [0, 0.1) is 5.92 Å². The van der Waals surface area contributed by atoms with Gasteiger partial charge in [-0.15, -0.1) is 0 Å². The molecular formula is C12H23N3O2. The molecule has 1 rings (SSSR count). The molecule has 2 N–H and O–H groups in total. The number of hydrogen-bond acceptors (Lipinski definition) is 2. The van der Waals surface area contributed by atoms with Crippen LogP contribution in [0.5, 0.6) is 0 Å². The molecule has 3 amide bonds. The van der Waals surface area contributed by atoms with Gasteiger partial charge in [0.05, 0.1) is 0 Å². The number of carbonyl (C=O) groups is 2. The van der Waals surface area contributed by atoms with Crippen LogP contribution in [0.1, 0.15) is 33.1 Å². The van der Waals surface area contributed by atoms with Crippen LogP contribution in [0.3, 0.4) is 0 Å². The minimum absolute atomic E-state index is 0.000391. The number of urea groups is 1. The molecule has 1 saturated heterocycles.